The van der Waals surface area contributed by atoms with Gasteiger partial charge in [-0.25, -0.2) is 0 Å². The van der Waals surface area contributed by atoms with Crippen LogP contribution in [0, 0.1) is 0 Å². The average molecular weight is 391 g/mol. The maximum Gasteiger partial charge on any atom is 0.261 e. The highest BCUT2D eigenvalue weighted by Gasteiger charge is 2.35. The second kappa shape index (κ2) is 8.07. The van der Waals surface area contributed by atoms with Gasteiger partial charge in [0.15, 0.2) is 0 Å². The summed E-state index contributed by atoms with van der Waals surface area (Å²) in [5.74, 6) is -0.438. The second-order valence-corrected chi connectivity index (χ2v) is 7.63. The van der Waals surface area contributed by atoms with Gasteiger partial charge in [0.05, 0.1) is 11.1 Å². The fourth-order valence-electron chi connectivity index (χ4n) is 4.18. The van der Waals surface area contributed by atoms with Gasteiger partial charge < -0.3 is 9.80 Å². The molecule has 1 saturated heterocycles. The van der Waals surface area contributed by atoms with Gasteiger partial charge in [-0.3, -0.25) is 19.3 Å². The van der Waals surface area contributed by atoms with E-state index in [1.54, 1.807) is 24.3 Å². The van der Waals surface area contributed by atoms with Crippen LogP contribution in [0.15, 0.2) is 54.6 Å². The maximum atomic E-state index is 12.7. The van der Waals surface area contributed by atoms with Crippen LogP contribution in [0.3, 0.4) is 0 Å². The third-order valence-corrected chi connectivity index (χ3v) is 5.72. The van der Waals surface area contributed by atoms with Crippen LogP contribution in [0.5, 0.6) is 0 Å². The number of piperazine rings is 1. The molecule has 2 aliphatic rings. The van der Waals surface area contributed by atoms with Crippen molar-refractivity contribution in [1.29, 1.82) is 0 Å². The first-order chi connectivity index (χ1) is 14.1. The van der Waals surface area contributed by atoms with Crippen molar-refractivity contribution in [2.24, 2.45) is 0 Å². The number of amides is 3. The first-order valence-corrected chi connectivity index (χ1v) is 10.1. The van der Waals surface area contributed by atoms with E-state index in [1.165, 1.54) is 10.6 Å². The van der Waals surface area contributed by atoms with Gasteiger partial charge in [-0.2, -0.15) is 0 Å². The quantitative estimate of drug-likeness (QED) is 0.736. The number of imide groups is 1. The van der Waals surface area contributed by atoms with E-state index in [-0.39, 0.29) is 30.3 Å². The average Bonchev–Trinajstić information content (AvgIpc) is 2.99. The van der Waals surface area contributed by atoms with Gasteiger partial charge in [0.2, 0.25) is 5.91 Å². The molecule has 0 spiro atoms. The SMILES string of the molecule is CC1CN(C(=O)CCCN2C(=O)c3ccccc3C2=O)CCN1c1ccccc1. The lowest BCUT2D eigenvalue weighted by molar-refractivity contribution is -0.132. The molecule has 1 atom stereocenters. The standard InChI is InChI=1S/C23H25N3O3/c1-17-16-24(14-15-25(17)18-8-3-2-4-9-18)21(27)12-7-13-26-22(28)19-10-5-6-11-20(19)23(26)29/h2-6,8-11,17H,7,12-16H2,1H3. The van der Waals surface area contributed by atoms with E-state index in [1.807, 2.05) is 23.1 Å². The molecule has 0 saturated carbocycles. The largest absolute Gasteiger partial charge is 0.365 e. The number of rotatable bonds is 5. The van der Waals surface area contributed by atoms with Gasteiger partial charge in [-0.05, 0) is 37.6 Å². The molecule has 6 nitrogen and oxygen atoms in total. The lowest BCUT2D eigenvalue weighted by Crippen LogP contribution is -2.53. The van der Waals surface area contributed by atoms with Crippen molar-refractivity contribution in [1.82, 2.24) is 9.80 Å². The number of nitrogens with zero attached hydrogens (tertiary/aromatic N) is 3. The summed E-state index contributed by atoms with van der Waals surface area (Å²) in [6, 6.07) is 17.3. The molecular formula is C23H25N3O3. The Bertz CT molecular complexity index is 893. The Hall–Kier alpha value is -3.15. The van der Waals surface area contributed by atoms with Gasteiger partial charge in [0.25, 0.3) is 11.8 Å². The fourth-order valence-corrected chi connectivity index (χ4v) is 4.18. The molecule has 1 fully saturated rings. The Morgan fingerprint density at radius 2 is 1.55 bits per heavy atom. The summed E-state index contributed by atoms with van der Waals surface area (Å²) >= 11 is 0. The summed E-state index contributed by atoms with van der Waals surface area (Å²) in [7, 11) is 0. The van der Waals surface area contributed by atoms with E-state index in [0.717, 1.165) is 6.54 Å². The molecule has 2 aromatic rings. The predicted molar refractivity (Wildman–Crippen MR) is 111 cm³/mol. The highest BCUT2D eigenvalue weighted by Crippen LogP contribution is 2.23. The molecule has 2 heterocycles. The fraction of sp³-hybridized carbons (Fsp3) is 0.348. The minimum Gasteiger partial charge on any atom is -0.365 e. The lowest BCUT2D eigenvalue weighted by Gasteiger charge is -2.41. The number of anilines is 1. The van der Waals surface area contributed by atoms with Crippen LogP contribution in [-0.2, 0) is 4.79 Å². The zero-order valence-corrected chi connectivity index (χ0v) is 16.6. The van der Waals surface area contributed by atoms with Gasteiger partial charge in [-0.15, -0.1) is 0 Å². The summed E-state index contributed by atoms with van der Waals surface area (Å²) in [6.07, 6.45) is 0.822. The van der Waals surface area contributed by atoms with Crippen molar-refractivity contribution < 1.29 is 14.4 Å². The molecule has 6 heteroatoms. The van der Waals surface area contributed by atoms with E-state index in [9.17, 15) is 14.4 Å². The van der Waals surface area contributed by atoms with E-state index in [4.69, 9.17) is 0 Å². The zero-order valence-electron chi connectivity index (χ0n) is 16.6. The van der Waals surface area contributed by atoms with Crippen LogP contribution in [0.1, 0.15) is 40.5 Å². The Morgan fingerprint density at radius 1 is 0.931 bits per heavy atom. The molecule has 29 heavy (non-hydrogen) atoms. The molecule has 0 aromatic heterocycles. The molecule has 2 aliphatic heterocycles. The third-order valence-electron chi connectivity index (χ3n) is 5.72. The van der Waals surface area contributed by atoms with Gasteiger partial charge in [0, 0.05) is 44.3 Å². The van der Waals surface area contributed by atoms with Crippen molar-refractivity contribution in [3.8, 4) is 0 Å². The van der Waals surface area contributed by atoms with Crippen molar-refractivity contribution in [2.75, 3.05) is 31.1 Å². The first-order valence-electron chi connectivity index (χ1n) is 10.1. The number of hydrogen-bond donors (Lipinski definition) is 0. The molecule has 150 valence electrons. The van der Waals surface area contributed by atoms with E-state index in [0.29, 0.717) is 37.1 Å². The van der Waals surface area contributed by atoms with Gasteiger partial charge in [0.1, 0.15) is 0 Å². The number of para-hydroxylation sites is 1. The van der Waals surface area contributed by atoms with Crippen molar-refractivity contribution in [3.63, 3.8) is 0 Å². The maximum absolute atomic E-state index is 12.7. The summed E-state index contributed by atoms with van der Waals surface area (Å²) in [4.78, 5) is 42.9. The van der Waals surface area contributed by atoms with Crippen LogP contribution >= 0.6 is 0 Å². The number of carbonyl (C=O) groups excluding carboxylic acids is 3. The number of hydrogen-bond acceptors (Lipinski definition) is 4. The van der Waals surface area contributed by atoms with Crippen LogP contribution in [-0.4, -0.2) is 59.7 Å². The second-order valence-electron chi connectivity index (χ2n) is 7.63. The van der Waals surface area contributed by atoms with Gasteiger partial charge >= 0.3 is 0 Å². The number of benzene rings is 2. The van der Waals surface area contributed by atoms with Crippen LogP contribution in [0.2, 0.25) is 0 Å². The molecule has 1 unspecified atom stereocenters. The summed E-state index contributed by atoms with van der Waals surface area (Å²) in [5.41, 5.74) is 2.09. The molecule has 0 N–H and O–H groups in total. The Kier molecular flexibility index (Phi) is 5.34. The van der Waals surface area contributed by atoms with Crippen LogP contribution in [0.4, 0.5) is 5.69 Å². The number of carbonyl (C=O) groups is 3. The molecule has 3 amide bonds. The van der Waals surface area contributed by atoms with Crippen LogP contribution < -0.4 is 4.90 Å². The van der Waals surface area contributed by atoms with E-state index < -0.39 is 0 Å². The van der Waals surface area contributed by atoms with E-state index in [2.05, 4.69) is 24.0 Å². The minimum absolute atomic E-state index is 0.0844. The van der Waals surface area contributed by atoms with Crippen molar-refractivity contribution >= 4 is 23.4 Å². The van der Waals surface area contributed by atoms with Crippen molar-refractivity contribution in [3.05, 3.63) is 65.7 Å². The normalized spacial score (nSPS) is 18.9. The van der Waals surface area contributed by atoms with Crippen molar-refractivity contribution in [2.45, 2.75) is 25.8 Å². The third kappa shape index (κ3) is 3.75. The smallest absolute Gasteiger partial charge is 0.261 e. The molecule has 4 rings (SSSR count). The molecule has 0 radical (unpaired) electrons. The molecular weight excluding hydrogens is 366 g/mol. The number of fused-ring (bicyclic) bond motifs is 1. The summed E-state index contributed by atoms with van der Waals surface area (Å²) in [5, 5.41) is 0. The summed E-state index contributed by atoms with van der Waals surface area (Å²) in [6.45, 7) is 4.57. The zero-order chi connectivity index (χ0) is 20.4. The monoisotopic (exact) mass is 391 g/mol. The lowest BCUT2D eigenvalue weighted by atomic mass is 10.1. The minimum atomic E-state index is -0.261. The Labute approximate surface area is 170 Å². The van der Waals surface area contributed by atoms with Gasteiger partial charge in [-0.1, -0.05) is 30.3 Å². The molecule has 0 aliphatic carbocycles. The highest BCUT2D eigenvalue weighted by atomic mass is 16.2. The van der Waals surface area contributed by atoms with Crippen LogP contribution in [0.25, 0.3) is 0 Å². The molecule has 2 aromatic carbocycles. The first kappa shape index (κ1) is 19.2. The predicted octanol–water partition coefficient (Wildman–Crippen LogP) is 2.80. The summed E-state index contributed by atoms with van der Waals surface area (Å²) < 4.78 is 0. The Morgan fingerprint density at radius 3 is 2.17 bits per heavy atom. The molecule has 0 bridgehead atoms. The topological polar surface area (TPSA) is 60.9 Å². The Balaban J connectivity index is 1.28. The van der Waals surface area contributed by atoms with E-state index >= 15 is 0 Å². The highest BCUT2D eigenvalue weighted by molar-refractivity contribution is 6.21.